The Labute approximate surface area is 172 Å². The molecule has 6 heteroatoms. The van der Waals surface area contributed by atoms with Crippen LogP contribution in [0.2, 0.25) is 0 Å². The number of benzene rings is 3. The summed E-state index contributed by atoms with van der Waals surface area (Å²) in [5, 5.41) is 0. The first-order chi connectivity index (χ1) is 14.1. The maximum absolute atomic E-state index is 12.4. The zero-order chi connectivity index (χ0) is 21.5. The van der Waals surface area contributed by atoms with Gasteiger partial charge in [0.15, 0.2) is 0 Å². The summed E-state index contributed by atoms with van der Waals surface area (Å²) < 4.78 is 43.3. The molecule has 0 aliphatic heterocycles. The second-order valence-corrected chi connectivity index (χ2v) is 8.13. The van der Waals surface area contributed by atoms with Crippen molar-refractivity contribution in [2.75, 3.05) is 0 Å². The first-order valence-electron chi connectivity index (χ1n) is 9.56. The van der Waals surface area contributed by atoms with Crippen molar-refractivity contribution >= 4 is 11.0 Å². The molecular formula is C24H21F3N2O. The molecule has 4 rings (SSSR count). The number of rotatable bonds is 3. The lowest BCUT2D eigenvalue weighted by Gasteiger charge is -2.20. The van der Waals surface area contributed by atoms with Crippen LogP contribution >= 0.6 is 0 Å². The molecule has 3 nitrogen and oxygen atoms in total. The van der Waals surface area contributed by atoms with Crippen molar-refractivity contribution in [3.05, 3.63) is 78.6 Å². The molecule has 0 bridgehead atoms. The van der Waals surface area contributed by atoms with Gasteiger partial charge in [-0.05, 0) is 47.5 Å². The molecule has 0 spiro atoms. The number of hydrogen-bond donors (Lipinski definition) is 0. The quantitative estimate of drug-likeness (QED) is 0.368. The van der Waals surface area contributed by atoms with E-state index in [-0.39, 0.29) is 11.2 Å². The van der Waals surface area contributed by atoms with Crippen LogP contribution in [0.4, 0.5) is 13.2 Å². The van der Waals surface area contributed by atoms with Gasteiger partial charge in [-0.3, -0.25) is 4.57 Å². The number of para-hydroxylation sites is 2. The van der Waals surface area contributed by atoms with Gasteiger partial charge in [0.1, 0.15) is 11.6 Å². The van der Waals surface area contributed by atoms with Crippen molar-refractivity contribution in [2.45, 2.75) is 32.5 Å². The average Bonchev–Trinajstić information content (AvgIpc) is 3.08. The molecule has 0 aliphatic rings. The number of ether oxygens (including phenoxy) is 1. The van der Waals surface area contributed by atoms with E-state index in [1.54, 1.807) is 12.1 Å². The minimum atomic E-state index is -4.70. The Morgan fingerprint density at radius 1 is 0.800 bits per heavy atom. The highest BCUT2D eigenvalue weighted by Crippen LogP contribution is 2.32. The summed E-state index contributed by atoms with van der Waals surface area (Å²) in [7, 11) is 0. The third kappa shape index (κ3) is 4.03. The smallest absolute Gasteiger partial charge is 0.406 e. The topological polar surface area (TPSA) is 27.1 Å². The van der Waals surface area contributed by atoms with Crippen LogP contribution in [0.5, 0.6) is 5.75 Å². The number of nitrogens with zero attached hydrogens (tertiary/aromatic N) is 2. The molecule has 0 amide bonds. The minimum absolute atomic E-state index is 0.175. The van der Waals surface area contributed by atoms with E-state index in [2.05, 4.69) is 30.1 Å². The van der Waals surface area contributed by atoms with Crippen molar-refractivity contribution in [1.29, 1.82) is 0 Å². The summed E-state index contributed by atoms with van der Waals surface area (Å²) in [6.07, 6.45) is -4.70. The first-order valence-corrected chi connectivity index (χ1v) is 9.56. The SMILES string of the molecule is CC(C)(C)c1nc2ccccc2n1-c1cccc(-c2ccc(OC(F)(F)F)cc2)c1. The zero-order valence-corrected chi connectivity index (χ0v) is 16.9. The number of aromatic nitrogens is 2. The molecule has 1 heterocycles. The lowest BCUT2D eigenvalue weighted by molar-refractivity contribution is -0.274. The molecule has 1 aromatic heterocycles. The second kappa shape index (κ2) is 7.20. The fraction of sp³-hybridized carbons (Fsp3) is 0.208. The van der Waals surface area contributed by atoms with Crippen molar-refractivity contribution in [3.63, 3.8) is 0 Å². The van der Waals surface area contributed by atoms with E-state index in [1.165, 1.54) is 12.1 Å². The Morgan fingerprint density at radius 2 is 1.50 bits per heavy atom. The van der Waals surface area contributed by atoms with Gasteiger partial charge in [0.25, 0.3) is 0 Å². The van der Waals surface area contributed by atoms with E-state index in [0.29, 0.717) is 0 Å². The van der Waals surface area contributed by atoms with Gasteiger partial charge in [-0.25, -0.2) is 4.98 Å². The van der Waals surface area contributed by atoms with E-state index in [9.17, 15) is 13.2 Å². The van der Waals surface area contributed by atoms with Crippen LogP contribution in [0.1, 0.15) is 26.6 Å². The van der Waals surface area contributed by atoms with Crippen LogP contribution < -0.4 is 4.74 Å². The van der Waals surface area contributed by atoms with Crippen LogP contribution in [0.25, 0.3) is 27.8 Å². The van der Waals surface area contributed by atoms with Crippen molar-refractivity contribution in [1.82, 2.24) is 9.55 Å². The molecule has 0 aliphatic carbocycles. The van der Waals surface area contributed by atoms with Crippen LogP contribution in [0, 0.1) is 0 Å². The fourth-order valence-corrected chi connectivity index (χ4v) is 3.46. The summed E-state index contributed by atoms with van der Waals surface area (Å²) in [5.41, 5.74) is 4.39. The summed E-state index contributed by atoms with van der Waals surface area (Å²) in [6.45, 7) is 6.36. The van der Waals surface area contributed by atoms with Gasteiger partial charge in [0, 0.05) is 11.1 Å². The van der Waals surface area contributed by atoms with Gasteiger partial charge >= 0.3 is 6.36 Å². The summed E-state index contributed by atoms with van der Waals surface area (Å²) in [5.74, 6) is 0.702. The Kier molecular flexibility index (Phi) is 4.80. The van der Waals surface area contributed by atoms with Crippen LogP contribution in [0.3, 0.4) is 0 Å². The maximum atomic E-state index is 12.4. The Balaban J connectivity index is 1.78. The van der Waals surface area contributed by atoms with Gasteiger partial charge in [0.05, 0.1) is 11.0 Å². The van der Waals surface area contributed by atoms with E-state index < -0.39 is 6.36 Å². The van der Waals surface area contributed by atoms with Crippen LogP contribution in [-0.2, 0) is 5.41 Å². The highest BCUT2D eigenvalue weighted by molar-refractivity contribution is 5.79. The molecule has 0 fully saturated rings. The van der Waals surface area contributed by atoms with Gasteiger partial charge in [0.2, 0.25) is 0 Å². The fourth-order valence-electron chi connectivity index (χ4n) is 3.46. The highest BCUT2D eigenvalue weighted by Gasteiger charge is 2.31. The standard InChI is InChI=1S/C24H21F3N2O/c1-23(2,3)22-28-20-9-4-5-10-21(20)29(22)18-8-6-7-17(15-18)16-11-13-19(14-12-16)30-24(25,26)27/h4-15H,1-3H3. The molecule has 0 radical (unpaired) electrons. The molecule has 0 unspecified atom stereocenters. The molecule has 30 heavy (non-hydrogen) atoms. The molecule has 0 atom stereocenters. The molecule has 154 valence electrons. The van der Waals surface area contributed by atoms with Crippen molar-refractivity contribution in [3.8, 4) is 22.6 Å². The molecule has 0 saturated heterocycles. The summed E-state index contributed by atoms with van der Waals surface area (Å²) in [4.78, 5) is 4.85. The van der Waals surface area contributed by atoms with E-state index in [1.807, 2.05) is 48.5 Å². The predicted molar refractivity (Wildman–Crippen MR) is 112 cm³/mol. The van der Waals surface area contributed by atoms with E-state index in [0.717, 1.165) is 33.7 Å². The number of imidazole rings is 1. The second-order valence-electron chi connectivity index (χ2n) is 8.13. The van der Waals surface area contributed by atoms with Gasteiger partial charge in [-0.2, -0.15) is 0 Å². The Bertz CT molecular complexity index is 1190. The third-order valence-electron chi connectivity index (χ3n) is 4.76. The number of hydrogen-bond acceptors (Lipinski definition) is 2. The monoisotopic (exact) mass is 410 g/mol. The Morgan fingerprint density at radius 3 is 2.17 bits per heavy atom. The van der Waals surface area contributed by atoms with Gasteiger partial charge < -0.3 is 4.74 Å². The molecule has 4 aromatic rings. The molecule has 0 saturated carbocycles. The number of fused-ring (bicyclic) bond motifs is 1. The highest BCUT2D eigenvalue weighted by atomic mass is 19.4. The molecular weight excluding hydrogens is 389 g/mol. The summed E-state index contributed by atoms with van der Waals surface area (Å²) in [6, 6.07) is 21.8. The van der Waals surface area contributed by atoms with E-state index in [4.69, 9.17) is 4.98 Å². The molecule has 0 N–H and O–H groups in total. The lowest BCUT2D eigenvalue weighted by atomic mass is 9.95. The Hall–Kier alpha value is -3.28. The van der Waals surface area contributed by atoms with Gasteiger partial charge in [-0.15, -0.1) is 13.2 Å². The van der Waals surface area contributed by atoms with Crippen molar-refractivity contribution in [2.24, 2.45) is 0 Å². The van der Waals surface area contributed by atoms with Crippen LogP contribution in [0.15, 0.2) is 72.8 Å². The minimum Gasteiger partial charge on any atom is -0.406 e. The largest absolute Gasteiger partial charge is 0.573 e. The van der Waals surface area contributed by atoms with E-state index >= 15 is 0 Å². The molecule has 3 aromatic carbocycles. The summed E-state index contributed by atoms with van der Waals surface area (Å²) >= 11 is 0. The average molecular weight is 410 g/mol. The lowest BCUT2D eigenvalue weighted by Crippen LogP contribution is -2.18. The maximum Gasteiger partial charge on any atom is 0.573 e. The predicted octanol–water partition coefficient (Wildman–Crippen LogP) is 6.89. The number of alkyl halides is 3. The van der Waals surface area contributed by atoms with Crippen LogP contribution in [-0.4, -0.2) is 15.9 Å². The normalized spacial score (nSPS) is 12.3. The van der Waals surface area contributed by atoms with Crippen molar-refractivity contribution < 1.29 is 17.9 Å². The first kappa shape index (κ1) is 20.0. The van der Waals surface area contributed by atoms with Gasteiger partial charge in [-0.1, -0.05) is 57.2 Å². The zero-order valence-electron chi connectivity index (χ0n) is 16.9. The third-order valence-corrected chi connectivity index (χ3v) is 4.76. The number of halogens is 3.